The molecule has 2 fully saturated rings. The van der Waals surface area contributed by atoms with E-state index in [-0.39, 0.29) is 16.6 Å². The standard InChI is InChI=1S/C22H30ClN7O4/c1-27(2)15-4-6-28(7-5-15)18-13-20(33-3)17(12-19(18)30(31)32)25-22-24-14-16(23)21(26-22)29-8-10-34-11-9-29/h12-15H,4-11H2,1-3H3,(H,24,25,26). The van der Waals surface area contributed by atoms with Crippen LogP contribution in [0.5, 0.6) is 5.75 Å². The largest absolute Gasteiger partial charge is 0.494 e. The zero-order valence-corrected chi connectivity index (χ0v) is 20.4. The van der Waals surface area contributed by atoms with Gasteiger partial charge in [-0.3, -0.25) is 10.1 Å². The normalized spacial score (nSPS) is 17.2. The van der Waals surface area contributed by atoms with Crippen LogP contribution in [0.1, 0.15) is 12.8 Å². The Bertz CT molecular complexity index is 1020. The Hall–Kier alpha value is -2.89. The Morgan fingerprint density at radius 1 is 1.21 bits per heavy atom. The minimum atomic E-state index is -0.361. The Morgan fingerprint density at radius 3 is 2.53 bits per heavy atom. The number of methoxy groups -OCH3 is 1. The molecule has 2 aliphatic heterocycles. The van der Waals surface area contributed by atoms with Gasteiger partial charge in [-0.15, -0.1) is 0 Å². The van der Waals surface area contributed by atoms with Gasteiger partial charge in [-0.25, -0.2) is 4.98 Å². The van der Waals surface area contributed by atoms with E-state index in [0.29, 0.717) is 60.3 Å². The molecule has 2 aliphatic rings. The highest BCUT2D eigenvalue weighted by molar-refractivity contribution is 6.32. The fourth-order valence-electron chi connectivity index (χ4n) is 4.38. The molecule has 4 rings (SSSR count). The first-order valence-corrected chi connectivity index (χ1v) is 11.6. The van der Waals surface area contributed by atoms with Crippen LogP contribution in [0.25, 0.3) is 0 Å². The van der Waals surface area contributed by atoms with Crippen molar-refractivity contribution in [1.82, 2.24) is 14.9 Å². The van der Waals surface area contributed by atoms with Crippen LogP contribution >= 0.6 is 11.6 Å². The summed E-state index contributed by atoms with van der Waals surface area (Å²) < 4.78 is 11.0. The van der Waals surface area contributed by atoms with Crippen LogP contribution < -0.4 is 19.9 Å². The molecule has 0 bridgehead atoms. The van der Waals surface area contributed by atoms with Crippen LogP contribution in [0.15, 0.2) is 18.3 Å². The summed E-state index contributed by atoms with van der Waals surface area (Å²) in [6.07, 6.45) is 3.40. The number of aromatic nitrogens is 2. The van der Waals surface area contributed by atoms with Crippen LogP contribution in [0.2, 0.25) is 5.02 Å². The van der Waals surface area contributed by atoms with Crippen LogP contribution in [0.4, 0.5) is 28.8 Å². The van der Waals surface area contributed by atoms with Gasteiger partial charge in [0.15, 0.2) is 5.82 Å². The number of nitro groups is 1. The summed E-state index contributed by atoms with van der Waals surface area (Å²) in [4.78, 5) is 26.7. The molecule has 184 valence electrons. The van der Waals surface area contributed by atoms with Gasteiger partial charge in [0.2, 0.25) is 5.95 Å². The van der Waals surface area contributed by atoms with E-state index in [1.807, 2.05) is 4.90 Å². The van der Waals surface area contributed by atoms with Crippen molar-refractivity contribution in [2.45, 2.75) is 18.9 Å². The molecule has 0 amide bonds. The third-order valence-electron chi connectivity index (χ3n) is 6.31. The molecule has 1 aromatic heterocycles. The van der Waals surface area contributed by atoms with Crippen molar-refractivity contribution in [3.05, 3.63) is 33.5 Å². The van der Waals surface area contributed by atoms with Crippen LogP contribution in [0, 0.1) is 10.1 Å². The first kappa shape index (κ1) is 24.2. The highest BCUT2D eigenvalue weighted by Gasteiger charge is 2.28. The monoisotopic (exact) mass is 491 g/mol. The summed E-state index contributed by atoms with van der Waals surface area (Å²) in [5.41, 5.74) is 0.973. The Balaban J connectivity index is 1.62. The fourth-order valence-corrected chi connectivity index (χ4v) is 4.59. The summed E-state index contributed by atoms with van der Waals surface area (Å²) in [6.45, 7) is 4.01. The quantitative estimate of drug-likeness (QED) is 0.458. The second-order valence-corrected chi connectivity index (χ2v) is 8.98. The molecule has 0 spiro atoms. The summed E-state index contributed by atoms with van der Waals surface area (Å²) in [5, 5.41) is 15.5. The predicted molar refractivity (Wildman–Crippen MR) is 132 cm³/mol. The van der Waals surface area contributed by atoms with E-state index >= 15 is 0 Å². The number of benzene rings is 1. The number of nitrogens with one attached hydrogen (secondary N) is 1. The number of morpholine rings is 1. The molecule has 0 saturated carbocycles. The van der Waals surface area contributed by atoms with Gasteiger partial charge in [0, 0.05) is 44.4 Å². The molecule has 1 N–H and O–H groups in total. The van der Waals surface area contributed by atoms with E-state index in [4.69, 9.17) is 21.1 Å². The van der Waals surface area contributed by atoms with Crippen molar-refractivity contribution in [3.63, 3.8) is 0 Å². The Kier molecular flexibility index (Phi) is 7.54. The van der Waals surface area contributed by atoms with E-state index < -0.39 is 0 Å². The van der Waals surface area contributed by atoms with Gasteiger partial charge in [0.1, 0.15) is 16.5 Å². The summed E-state index contributed by atoms with van der Waals surface area (Å²) >= 11 is 6.34. The van der Waals surface area contributed by atoms with Crippen molar-refractivity contribution in [2.24, 2.45) is 0 Å². The molecule has 2 saturated heterocycles. The first-order chi connectivity index (χ1) is 16.4. The maximum absolute atomic E-state index is 12.0. The average Bonchev–Trinajstić information content (AvgIpc) is 2.85. The third kappa shape index (κ3) is 5.26. The summed E-state index contributed by atoms with van der Waals surface area (Å²) in [6, 6.07) is 3.68. The molecule has 0 atom stereocenters. The molecule has 34 heavy (non-hydrogen) atoms. The number of nitro benzene ring substituents is 1. The maximum Gasteiger partial charge on any atom is 0.294 e. The van der Waals surface area contributed by atoms with Gasteiger partial charge in [-0.05, 0) is 26.9 Å². The maximum atomic E-state index is 12.0. The first-order valence-electron chi connectivity index (χ1n) is 11.3. The van der Waals surface area contributed by atoms with E-state index in [1.54, 1.807) is 6.07 Å². The van der Waals surface area contributed by atoms with Crippen LogP contribution in [-0.4, -0.2) is 86.4 Å². The Morgan fingerprint density at radius 2 is 1.91 bits per heavy atom. The fraction of sp³-hybridized carbons (Fsp3) is 0.545. The lowest BCUT2D eigenvalue weighted by molar-refractivity contribution is -0.384. The van der Waals surface area contributed by atoms with E-state index in [1.165, 1.54) is 19.4 Å². The van der Waals surface area contributed by atoms with Crippen molar-refractivity contribution in [2.75, 3.05) is 75.7 Å². The number of piperidine rings is 1. The molecule has 12 heteroatoms. The second kappa shape index (κ2) is 10.6. The molecule has 0 aliphatic carbocycles. The predicted octanol–water partition coefficient (Wildman–Crippen LogP) is 3.16. The second-order valence-electron chi connectivity index (χ2n) is 8.57. The number of hydrogen-bond acceptors (Lipinski definition) is 10. The topological polar surface area (TPSA) is 109 Å². The van der Waals surface area contributed by atoms with Gasteiger partial charge < -0.3 is 29.5 Å². The van der Waals surface area contributed by atoms with Crippen molar-refractivity contribution >= 4 is 40.4 Å². The number of halogens is 1. The van der Waals surface area contributed by atoms with Crippen molar-refractivity contribution in [1.29, 1.82) is 0 Å². The van der Waals surface area contributed by atoms with Gasteiger partial charge in [-0.1, -0.05) is 11.6 Å². The van der Waals surface area contributed by atoms with Crippen molar-refractivity contribution in [3.8, 4) is 5.75 Å². The zero-order chi connectivity index (χ0) is 24.2. The van der Waals surface area contributed by atoms with Gasteiger partial charge in [-0.2, -0.15) is 4.98 Å². The van der Waals surface area contributed by atoms with E-state index in [9.17, 15) is 10.1 Å². The minimum absolute atomic E-state index is 0.00830. The number of rotatable bonds is 7. The molecule has 0 radical (unpaired) electrons. The molecule has 3 heterocycles. The van der Waals surface area contributed by atoms with Gasteiger partial charge in [0.05, 0.1) is 37.1 Å². The third-order valence-corrected chi connectivity index (χ3v) is 6.58. The number of anilines is 4. The number of hydrogen-bond donors (Lipinski definition) is 1. The molecular weight excluding hydrogens is 462 g/mol. The molecular formula is C22H30ClN7O4. The van der Waals surface area contributed by atoms with E-state index in [2.05, 4.69) is 39.2 Å². The van der Waals surface area contributed by atoms with Crippen LogP contribution in [-0.2, 0) is 4.74 Å². The zero-order valence-electron chi connectivity index (χ0n) is 19.7. The lowest BCUT2D eigenvalue weighted by atomic mass is 10.0. The Labute approximate surface area is 203 Å². The van der Waals surface area contributed by atoms with Gasteiger partial charge >= 0.3 is 0 Å². The highest BCUT2D eigenvalue weighted by Crippen LogP contribution is 2.40. The summed E-state index contributed by atoms with van der Waals surface area (Å²) in [5.74, 6) is 1.34. The highest BCUT2D eigenvalue weighted by atomic mass is 35.5. The number of ether oxygens (including phenoxy) is 2. The van der Waals surface area contributed by atoms with Crippen molar-refractivity contribution < 1.29 is 14.4 Å². The van der Waals surface area contributed by atoms with E-state index in [0.717, 1.165) is 25.9 Å². The average molecular weight is 492 g/mol. The molecule has 2 aromatic rings. The lowest BCUT2D eigenvalue weighted by Gasteiger charge is -2.36. The lowest BCUT2D eigenvalue weighted by Crippen LogP contribution is -2.42. The molecule has 0 unspecified atom stereocenters. The number of nitrogens with zero attached hydrogens (tertiary/aromatic N) is 6. The van der Waals surface area contributed by atoms with Gasteiger partial charge in [0.25, 0.3) is 5.69 Å². The van der Waals surface area contributed by atoms with Crippen LogP contribution in [0.3, 0.4) is 0 Å². The molecule has 11 nitrogen and oxygen atoms in total. The molecule has 1 aromatic carbocycles. The smallest absolute Gasteiger partial charge is 0.294 e. The SMILES string of the molecule is COc1cc(N2CCC(N(C)C)CC2)c([N+](=O)[O-])cc1Nc1ncc(Cl)c(N2CCOCC2)n1. The minimum Gasteiger partial charge on any atom is -0.494 e. The summed E-state index contributed by atoms with van der Waals surface area (Å²) in [7, 11) is 5.67.